The number of esters is 1. The number of nitrogens with one attached hydrogen (secondary N) is 1. The lowest BCUT2D eigenvalue weighted by atomic mass is 9.82. The predicted octanol–water partition coefficient (Wildman–Crippen LogP) is 4.62. The standard InChI is InChI=1S/C23H39BNO8P/c1-17(2)30-21(26)18(3)25-34(27,31-19-12-10-9-11-13-19)29-16-20(28-8)14-15-24-32-22(4,5)23(6,7)33-24/h9-13,17-18,20H,14-16H2,1-8H3,(H,25,27)/t18-,20?,34-/m0/s1. The smallest absolute Gasteiger partial charge is 0.459 e. The molecule has 1 aliphatic rings. The minimum Gasteiger partial charge on any atom is -0.462 e. The lowest BCUT2D eigenvalue weighted by Crippen LogP contribution is -2.41. The molecule has 1 fully saturated rings. The van der Waals surface area contributed by atoms with E-state index in [1.54, 1.807) is 52.1 Å². The topological polar surface area (TPSA) is 102 Å². The van der Waals surface area contributed by atoms with Gasteiger partial charge in [0.2, 0.25) is 0 Å². The molecule has 1 aliphatic heterocycles. The fourth-order valence-electron chi connectivity index (χ4n) is 3.19. The van der Waals surface area contributed by atoms with Gasteiger partial charge < -0.3 is 23.3 Å². The Morgan fingerprint density at radius 1 is 1.09 bits per heavy atom. The van der Waals surface area contributed by atoms with Gasteiger partial charge in [-0.05, 0) is 73.3 Å². The molecular formula is C23H39BNO8P. The highest BCUT2D eigenvalue weighted by atomic mass is 31.2. The van der Waals surface area contributed by atoms with Crippen molar-refractivity contribution >= 4 is 20.8 Å². The van der Waals surface area contributed by atoms with Crippen LogP contribution >= 0.6 is 7.75 Å². The van der Waals surface area contributed by atoms with E-state index < -0.39 is 37.1 Å². The van der Waals surface area contributed by atoms with E-state index >= 15 is 0 Å². The molecule has 34 heavy (non-hydrogen) atoms. The third kappa shape index (κ3) is 8.36. The van der Waals surface area contributed by atoms with Gasteiger partial charge in [-0.25, -0.2) is 4.57 Å². The Balaban J connectivity index is 2.01. The van der Waals surface area contributed by atoms with Crippen molar-refractivity contribution < 1.29 is 37.2 Å². The summed E-state index contributed by atoms with van der Waals surface area (Å²) in [5.41, 5.74) is -0.832. The van der Waals surface area contributed by atoms with Crippen LogP contribution < -0.4 is 9.61 Å². The van der Waals surface area contributed by atoms with Crippen LogP contribution in [-0.4, -0.2) is 56.3 Å². The Morgan fingerprint density at radius 2 is 1.68 bits per heavy atom. The molecule has 1 aromatic rings. The first-order valence-electron chi connectivity index (χ1n) is 11.6. The predicted molar refractivity (Wildman–Crippen MR) is 131 cm³/mol. The first kappa shape index (κ1) is 28.8. The van der Waals surface area contributed by atoms with Crippen LogP contribution in [0, 0.1) is 0 Å². The molecule has 0 bridgehead atoms. The second-order valence-electron chi connectivity index (χ2n) is 9.65. The van der Waals surface area contributed by atoms with Crippen LogP contribution in [0.4, 0.5) is 0 Å². The van der Waals surface area contributed by atoms with Gasteiger partial charge in [-0.1, -0.05) is 18.2 Å². The Hall–Kier alpha value is -1.42. The summed E-state index contributed by atoms with van der Waals surface area (Å²) in [6.07, 6.45) is 0.415. The summed E-state index contributed by atoms with van der Waals surface area (Å²) in [4.78, 5) is 12.3. The second-order valence-corrected chi connectivity index (χ2v) is 11.3. The van der Waals surface area contributed by atoms with Crippen molar-refractivity contribution in [3.05, 3.63) is 30.3 Å². The van der Waals surface area contributed by atoms with Crippen molar-refractivity contribution in [3.63, 3.8) is 0 Å². The summed E-state index contributed by atoms with van der Waals surface area (Å²) in [5, 5.41) is 2.68. The number of ether oxygens (including phenoxy) is 2. The molecule has 0 radical (unpaired) electrons. The maximum atomic E-state index is 13.6. The van der Waals surface area contributed by atoms with Gasteiger partial charge in [0.15, 0.2) is 0 Å². The summed E-state index contributed by atoms with van der Waals surface area (Å²) in [5.74, 6) is -0.214. The molecule has 192 valence electrons. The summed E-state index contributed by atoms with van der Waals surface area (Å²) < 4.78 is 47.7. The van der Waals surface area contributed by atoms with Crippen LogP contribution in [0.3, 0.4) is 0 Å². The first-order valence-corrected chi connectivity index (χ1v) is 13.2. The van der Waals surface area contributed by atoms with E-state index in [1.165, 1.54) is 0 Å². The number of para-hydroxylation sites is 1. The summed E-state index contributed by atoms with van der Waals surface area (Å²) >= 11 is 0. The molecule has 1 N–H and O–H groups in total. The number of benzene rings is 1. The van der Waals surface area contributed by atoms with Gasteiger partial charge in [0.05, 0.1) is 30.0 Å². The average Bonchev–Trinajstić information content (AvgIpc) is 2.94. The quantitative estimate of drug-likeness (QED) is 0.237. The molecule has 11 heteroatoms. The maximum absolute atomic E-state index is 13.6. The van der Waals surface area contributed by atoms with Gasteiger partial charge >= 0.3 is 20.8 Å². The minimum absolute atomic E-state index is 0.0287. The van der Waals surface area contributed by atoms with Gasteiger partial charge in [0, 0.05) is 7.11 Å². The zero-order chi connectivity index (χ0) is 25.6. The van der Waals surface area contributed by atoms with Gasteiger partial charge in [0.25, 0.3) is 0 Å². The van der Waals surface area contributed by atoms with Crippen molar-refractivity contribution in [2.45, 2.75) is 90.7 Å². The van der Waals surface area contributed by atoms with E-state index in [9.17, 15) is 9.36 Å². The molecule has 0 spiro atoms. The highest BCUT2D eigenvalue weighted by Gasteiger charge is 2.50. The Labute approximate surface area is 203 Å². The van der Waals surface area contributed by atoms with Gasteiger partial charge in [-0.3, -0.25) is 9.32 Å². The molecule has 9 nitrogen and oxygen atoms in total. The first-order chi connectivity index (χ1) is 15.8. The largest absolute Gasteiger partial charge is 0.462 e. The van der Waals surface area contributed by atoms with Crippen LogP contribution in [0.2, 0.25) is 6.32 Å². The zero-order valence-corrected chi connectivity index (χ0v) is 22.4. The minimum atomic E-state index is -3.95. The van der Waals surface area contributed by atoms with Crippen molar-refractivity contribution in [1.29, 1.82) is 0 Å². The highest BCUT2D eigenvalue weighted by Crippen LogP contribution is 2.45. The van der Waals surface area contributed by atoms with Crippen LogP contribution in [0.1, 0.15) is 54.9 Å². The number of carbonyl (C=O) groups is 1. The van der Waals surface area contributed by atoms with E-state index in [1.807, 2.05) is 33.8 Å². The van der Waals surface area contributed by atoms with E-state index in [4.69, 9.17) is 27.8 Å². The van der Waals surface area contributed by atoms with Gasteiger partial charge in [-0.2, -0.15) is 5.09 Å². The average molecular weight is 499 g/mol. The van der Waals surface area contributed by atoms with Crippen LogP contribution in [0.15, 0.2) is 30.3 Å². The number of methoxy groups -OCH3 is 1. The van der Waals surface area contributed by atoms with Gasteiger partial charge in [0.1, 0.15) is 11.8 Å². The molecule has 1 aromatic carbocycles. The van der Waals surface area contributed by atoms with Crippen LogP contribution in [-0.2, 0) is 32.7 Å². The number of rotatable bonds is 13. The molecule has 1 heterocycles. The SMILES string of the molecule is COC(CCB1OC(C)(C)C(C)(C)O1)CO[P@@](=O)(N[C@@H](C)C(=O)OC(C)C)Oc1ccccc1. The molecule has 2 rings (SSSR count). The molecule has 1 saturated heterocycles. The monoisotopic (exact) mass is 499 g/mol. The third-order valence-electron chi connectivity index (χ3n) is 5.82. The van der Waals surface area contributed by atoms with Gasteiger partial charge in [-0.15, -0.1) is 0 Å². The van der Waals surface area contributed by atoms with Crippen molar-refractivity contribution in [2.75, 3.05) is 13.7 Å². The highest BCUT2D eigenvalue weighted by molar-refractivity contribution is 7.52. The lowest BCUT2D eigenvalue weighted by molar-refractivity contribution is -0.149. The third-order valence-corrected chi connectivity index (χ3v) is 7.46. The zero-order valence-electron chi connectivity index (χ0n) is 21.5. The van der Waals surface area contributed by atoms with E-state index in [2.05, 4.69) is 5.09 Å². The summed E-state index contributed by atoms with van der Waals surface area (Å²) in [6.45, 7) is 13.0. The Morgan fingerprint density at radius 3 is 2.21 bits per heavy atom. The molecule has 0 amide bonds. The summed E-state index contributed by atoms with van der Waals surface area (Å²) in [6, 6.07) is 7.70. The van der Waals surface area contributed by atoms with Crippen molar-refractivity contribution in [2.24, 2.45) is 0 Å². The molecule has 0 saturated carbocycles. The maximum Gasteiger partial charge on any atom is 0.459 e. The normalized spacial score (nSPS) is 20.6. The van der Waals surface area contributed by atoms with Crippen LogP contribution in [0.5, 0.6) is 5.75 Å². The molecule has 0 aliphatic carbocycles. The Kier molecular flexibility index (Phi) is 10.2. The number of hydrogen-bond acceptors (Lipinski definition) is 8. The Bertz CT molecular complexity index is 820. The molecular weight excluding hydrogens is 460 g/mol. The van der Waals surface area contributed by atoms with E-state index in [-0.39, 0.29) is 19.8 Å². The van der Waals surface area contributed by atoms with Crippen LogP contribution in [0.25, 0.3) is 0 Å². The van der Waals surface area contributed by atoms with E-state index in [0.717, 1.165) is 0 Å². The summed E-state index contributed by atoms with van der Waals surface area (Å²) in [7, 11) is -2.77. The molecule has 1 unspecified atom stereocenters. The fourth-order valence-corrected chi connectivity index (χ4v) is 4.71. The molecule has 0 aromatic heterocycles. The second kappa shape index (κ2) is 12.0. The van der Waals surface area contributed by atoms with Crippen molar-refractivity contribution in [3.8, 4) is 5.75 Å². The van der Waals surface area contributed by atoms with E-state index in [0.29, 0.717) is 18.5 Å². The number of carbonyl (C=O) groups excluding carboxylic acids is 1. The number of hydrogen-bond donors (Lipinski definition) is 1. The van der Waals surface area contributed by atoms with Crippen molar-refractivity contribution in [1.82, 2.24) is 5.09 Å². The molecule has 3 atom stereocenters. The lowest BCUT2D eigenvalue weighted by Gasteiger charge is -2.32. The fraction of sp³-hybridized carbons (Fsp3) is 0.696.